The van der Waals surface area contributed by atoms with Crippen LogP contribution in [-0.4, -0.2) is 19.3 Å². The minimum Gasteiger partial charge on any atom is -0.378 e. The Morgan fingerprint density at radius 2 is 2.31 bits per heavy atom. The van der Waals surface area contributed by atoms with E-state index < -0.39 is 0 Å². The highest BCUT2D eigenvalue weighted by molar-refractivity contribution is 5.50. The predicted octanol–water partition coefficient (Wildman–Crippen LogP) is 1.48. The largest absolute Gasteiger partial charge is 0.378 e. The Morgan fingerprint density at radius 1 is 1.46 bits per heavy atom. The van der Waals surface area contributed by atoms with Crippen molar-refractivity contribution in [1.82, 2.24) is 0 Å². The Balaban J connectivity index is 2.07. The molecule has 0 amide bonds. The molecular formula is C11H11NO. The number of benzene rings is 1. The second-order valence-corrected chi connectivity index (χ2v) is 3.10. The molecule has 0 bridgehead atoms. The van der Waals surface area contributed by atoms with Gasteiger partial charge in [-0.1, -0.05) is 12.0 Å². The van der Waals surface area contributed by atoms with Crippen LogP contribution in [0.3, 0.4) is 0 Å². The van der Waals surface area contributed by atoms with Crippen molar-refractivity contribution in [3.63, 3.8) is 0 Å². The lowest BCUT2D eigenvalue weighted by Gasteiger charge is -2.27. The smallest absolute Gasteiger partial charge is 0.0728 e. The van der Waals surface area contributed by atoms with Crippen LogP contribution < -0.4 is 5.32 Å². The second kappa shape index (κ2) is 3.51. The molecule has 0 radical (unpaired) electrons. The molecule has 1 saturated heterocycles. The molecule has 1 aromatic carbocycles. The van der Waals surface area contributed by atoms with E-state index in [1.54, 1.807) is 0 Å². The molecule has 2 heteroatoms. The Morgan fingerprint density at radius 3 is 2.92 bits per heavy atom. The van der Waals surface area contributed by atoms with Gasteiger partial charge >= 0.3 is 0 Å². The molecule has 13 heavy (non-hydrogen) atoms. The normalized spacial score (nSPS) is 15.9. The fourth-order valence-corrected chi connectivity index (χ4v) is 1.25. The van der Waals surface area contributed by atoms with E-state index in [1.165, 1.54) is 0 Å². The molecule has 0 saturated carbocycles. The first-order valence-corrected chi connectivity index (χ1v) is 4.29. The molecule has 0 spiro atoms. The van der Waals surface area contributed by atoms with E-state index in [0.717, 1.165) is 24.5 Å². The molecule has 0 unspecified atom stereocenters. The van der Waals surface area contributed by atoms with Crippen molar-refractivity contribution in [2.45, 2.75) is 6.04 Å². The number of terminal acetylenes is 1. The molecule has 1 aliphatic rings. The van der Waals surface area contributed by atoms with Gasteiger partial charge in [0, 0.05) is 11.3 Å². The van der Waals surface area contributed by atoms with Gasteiger partial charge < -0.3 is 10.1 Å². The molecule has 1 aliphatic heterocycles. The fourth-order valence-electron chi connectivity index (χ4n) is 1.25. The van der Waals surface area contributed by atoms with Gasteiger partial charge in [-0.3, -0.25) is 0 Å². The lowest BCUT2D eigenvalue weighted by atomic mass is 10.2. The summed E-state index contributed by atoms with van der Waals surface area (Å²) in [6.07, 6.45) is 5.29. The Kier molecular flexibility index (Phi) is 2.20. The van der Waals surface area contributed by atoms with Gasteiger partial charge in [-0.25, -0.2) is 0 Å². The summed E-state index contributed by atoms with van der Waals surface area (Å²) >= 11 is 0. The van der Waals surface area contributed by atoms with Gasteiger partial charge in [0.1, 0.15) is 0 Å². The second-order valence-electron chi connectivity index (χ2n) is 3.10. The first-order valence-electron chi connectivity index (χ1n) is 4.29. The number of hydrogen-bond acceptors (Lipinski definition) is 2. The van der Waals surface area contributed by atoms with Gasteiger partial charge in [-0.2, -0.15) is 0 Å². The number of rotatable bonds is 2. The third-order valence-corrected chi connectivity index (χ3v) is 2.04. The van der Waals surface area contributed by atoms with Crippen LogP contribution in [0.25, 0.3) is 0 Å². The maximum Gasteiger partial charge on any atom is 0.0728 e. The molecule has 0 atom stereocenters. The molecule has 2 rings (SSSR count). The highest BCUT2D eigenvalue weighted by Crippen LogP contribution is 2.13. The molecule has 0 aromatic heterocycles. The van der Waals surface area contributed by atoms with E-state index in [9.17, 15) is 0 Å². The van der Waals surface area contributed by atoms with Gasteiger partial charge in [0.25, 0.3) is 0 Å². The van der Waals surface area contributed by atoms with Crippen molar-refractivity contribution < 1.29 is 4.74 Å². The Hall–Kier alpha value is -1.46. The summed E-state index contributed by atoms with van der Waals surface area (Å²) in [6.45, 7) is 1.58. The summed E-state index contributed by atoms with van der Waals surface area (Å²) in [7, 11) is 0. The highest BCUT2D eigenvalue weighted by Gasteiger charge is 2.17. The number of anilines is 1. The maximum atomic E-state index is 5.29. The lowest BCUT2D eigenvalue weighted by molar-refractivity contribution is 0.0211. The maximum absolute atomic E-state index is 5.29. The summed E-state index contributed by atoms with van der Waals surface area (Å²) in [6, 6.07) is 8.31. The average molecular weight is 173 g/mol. The molecular weight excluding hydrogens is 162 g/mol. The van der Waals surface area contributed by atoms with Crippen LogP contribution in [0, 0.1) is 12.3 Å². The standard InChI is InChI=1S/C11H11NO/c1-2-9-4-3-5-10(6-9)12-11-7-13-8-11/h1,3-6,11-12H,7-8H2. The topological polar surface area (TPSA) is 21.3 Å². The average Bonchev–Trinajstić information content (AvgIpc) is 2.12. The van der Waals surface area contributed by atoms with Crippen LogP contribution in [0.5, 0.6) is 0 Å². The monoisotopic (exact) mass is 173 g/mol. The third-order valence-electron chi connectivity index (χ3n) is 2.04. The predicted molar refractivity (Wildman–Crippen MR) is 52.6 cm³/mol. The lowest BCUT2D eigenvalue weighted by Crippen LogP contribution is -2.40. The Labute approximate surface area is 77.9 Å². The van der Waals surface area contributed by atoms with Gasteiger partial charge in [-0.15, -0.1) is 6.42 Å². The summed E-state index contributed by atoms with van der Waals surface area (Å²) in [4.78, 5) is 0. The van der Waals surface area contributed by atoms with E-state index >= 15 is 0 Å². The number of ether oxygens (including phenoxy) is 1. The van der Waals surface area contributed by atoms with Crippen LogP contribution in [0.1, 0.15) is 5.56 Å². The van der Waals surface area contributed by atoms with Crippen LogP contribution in [0.4, 0.5) is 5.69 Å². The zero-order chi connectivity index (χ0) is 9.10. The van der Waals surface area contributed by atoms with Crippen molar-refractivity contribution in [1.29, 1.82) is 0 Å². The zero-order valence-electron chi connectivity index (χ0n) is 7.29. The van der Waals surface area contributed by atoms with E-state index in [4.69, 9.17) is 11.2 Å². The first-order chi connectivity index (χ1) is 6.38. The van der Waals surface area contributed by atoms with Crippen LogP contribution in [0.2, 0.25) is 0 Å². The first kappa shape index (κ1) is 8.15. The SMILES string of the molecule is C#Cc1cccc(NC2COC2)c1. The minimum absolute atomic E-state index is 0.452. The molecule has 2 nitrogen and oxygen atoms in total. The minimum atomic E-state index is 0.452. The quantitative estimate of drug-likeness (QED) is 0.684. The van der Waals surface area contributed by atoms with Crippen LogP contribution >= 0.6 is 0 Å². The van der Waals surface area contributed by atoms with E-state index in [0.29, 0.717) is 6.04 Å². The van der Waals surface area contributed by atoms with Crippen molar-refractivity contribution in [2.24, 2.45) is 0 Å². The molecule has 0 aliphatic carbocycles. The molecule has 66 valence electrons. The molecule has 1 heterocycles. The van der Waals surface area contributed by atoms with Crippen molar-refractivity contribution in [3.8, 4) is 12.3 Å². The van der Waals surface area contributed by atoms with Crippen molar-refractivity contribution in [2.75, 3.05) is 18.5 Å². The number of nitrogens with one attached hydrogen (secondary N) is 1. The third kappa shape index (κ3) is 1.82. The molecule has 1 fully saturated rings. The van der Waals surface area contributed by atoms with Crippen molar-refractivity contribution >= 4 is 5.69 Å². The van der Waals surface area contributed by atoms with Gasteiger partial charge in [0.15, 0.2) is 0 Å². The zero-order valence-corrected chi connectivity index (χ0v) is 7.29. The van der Waals surface area contributed by atoms with Crippen molar-refractivity contribution in [3.05, 3.63) is 29.8 Å². The summed E-state index contributed by atoms with van der Waals surface area (Å²) in [5.74, 6) is 2.61. The molecule has 1 N–H and O–H groups in total. The highest BCUT2D eigenvalue weighted by atomic mass is 16.5. The van der Waals surface area contributed by atoms with Gasteiger partial charge in [-0.05, 0) is 18.2 Å². The van der Waals surface area contributed by atoms with E-state index in [-0.39, 0.29) is 0 Å². The van der Waals surface area contributed by atoms with E-state index in [1.807, 2.05) is 24.3 Å². The van der Waals surface area contributed by atoms with Crippen LogP contribution in [-0.2, 0) is 4.74 Å². The van der Waals surface area contributed by atoms with Gasteiger partial charge in [0.2, 0.25) is 0 Å². The molecule has 1 aromatic rings. The Bertz CT molecular complexity index is 336. The van der Waals surface area contributed by atoms with Crippen LogP contribution in [0.15, 0.2) is 24.3 Å². The fraction of sp³-hybridized carbons (Fsp3) is 0.273. The summed E-state index contributed by atoms with van der Waals surface area (Å²) in [5.41, 5.74) is 1.98. The van der Waals surface area contributed by atoms with Gasteiger partial charge in [0.05, 0.1) is 19.3 Å². The number of hydrogen-bond donors (Lipinski definition) is 1. The summed E-state index contributed by atoms with van der Waals surface area (Å²) in [5, 5.41) is 3.33. The van der Waals surface area contributed by atoms with E-state index in [2.05, 4.69) is 11.2 Å². The summed E-state index contributed by atoms with van der Waals surface area (Å²) < 4.78 is 5.06.